The molecule has 0 radical (unpaired) electrons. The molecule has 0 bridgehead atoms. The van der Waals surface area contributed by atoms with E-state index in [0.717, 1.165) is 0 Å². The average molecular weight is 257 g/mol. The Morgan fingerprint density at radius 1 is 1.59 bits per heavy atom. The molecule has 17 heavy (non-hydrogen) atoms. The second kappa shape index (κ2) is 7.17. The molecule has 6 heteroatoms. The average Bonchev–Trinajstić information content (AvgIpc) is 2.25. The van der Waals surface area contributed by atoms with Gasteiger partial charge in [0.25, 0.3) is 0 Å². The van der Waals surface area contributed by atoms with Crippen LogP contribution in [-0.2, 0) is 4.79 Å². The highest BCUT2D eigenvalue weighted by atomic mass is 32.2. The molecule has 0 aliphatic rings. The molecule has 0 spiro atoms. The molecule has 0 aromatic carbocycles. The number of carbonyl (C=O) groups excluding carboxylic acids is 1. The van der Waals surface area contributed by atoms with Crippen LogP contribution in [0.2, 0.25) is 0 Å². The van der Waals surface area contributed by atoms with E-state index in [-0.39, 0.29) is 11.3 Å². The first kappa shape index (κ1) is 15.8. The molecule has 5 nitrogen and oxygen atoms in total. The highest BCUT2D eigenvalue weighted by molar-refractivity contribution is 8.14. The van der Waals surface area contributed by atoms with Gasteiger partial charge in [-0.2, -0.15) is 5.26 Å². The SMILES string of the molecule is CNC(=O)C(C(=NO)SCCC#N)C(C)(C)C. The van der Waals surface area contributed by atoms with Crippen molar-refractivity contribution in [3.8, 4) is 6.07 Å². The number of rotatable bonds is 4. The molecule has 96 valence electrons. The fourth-order valence-corrected chi connectivity index (χ4v) is 2.48. The van der Waals surface area contributed by atoms with E-state index in [0.29, 0.717) is 17.2 Å². The molecular formula is C11H19N3O2S. The van der Waals surface area contributed by atoms with Gasteiger partial charge in [0.1, 0.15) is 5.04 Å². The van der Waals surface area contributed by atoms with Crippen molar-refractivity contribution in [3.63, 3.8) is 0 Å². The second-order valence-electron chi connectivity index (χ2n) is 4.61. The molecule has 0 saturated carbocycles. The number of amides is 1. The van der Waals surface area contributed by atoms with Gasteiger partial charge < -0.3 is 10.5 Å². The normalized spacial score (nSPS) is 13.9. The van der Waals surface area contributed by atoms with Gasteiger partial charge in [0, 0.05) is 19.2 Å². The number of nitrogens with one attached hydrogen (secondary N) is 1. The summed E-state index contributed by atoms with van der Waals surface area (Å²) >= 11 is 1.24. The summed E-state index contributed by atoms with van der Waals surface area (Å²) < 4.78 is 0. The fourth-order valence-electron chi connectivity index (χ4n) is 1.39. The number of oxime groups is 1. The van der Waals surface area contributed by atoms with E-state index in [1.165, 1.54) is 11.8 Å². The van der Waals surface area contributed by atoms with E-state index in [9.17, 15) is 4.79 Å². The van der Waals surface area contributed by atoms with Gasteiger partial charge in [-0.05, 0) is 5.41 Å². The van der Waals surface area contributed by atoms with E-state index in [1.807, 2.05) is 26.8 Å². The van der Waals surface area contributed by atoms with Gasteiger partial charge in [-0.1, -0.05) is 25.9 Å². The molecule has 1 unspecified atom stereocenters. The maximum Gasteiger partial charge on any atom is 0.230 e. The minimum Gasteiger partial charge on any atom is -0.410 e. The van der Waals surface area contributed by atoms with Crippen LogP contribution in [0, 0.1) is 22.7 Å². The molecule has 1 atom stereocenters. The van der Waals surface area contributed by atoms with Gasteiger partial charge in [-0.15, -0.1) is 11.8 Å². The maximum atomic E-state index is 11.8. The Morgan fingerprint density at radius 2 is 2.18 bits per heavy atom. The number of nitriles is 1. The van der Waals surface area contributed by atoms with Crippen molar-refractivity contribution in [2.75, 3.05) is 12.8 Å². The Balaban J connectivity index is 4.90. The molecular weight excluding hydrogens is 238 g/mol. The number of hydrogen-bond donors (Lipinski definition) is 2. The Kier molecular flexibility index (Phi) is 6.66. The van der Waals surface area contributed by atoms with Crippen LogP contribution < -0.4 is 5.32 Å². The van der Waals surface area contributed by atoms with Crippen LogP contribution in [0.5, 0.6) is 0 Å². The van der Waals surface area contributed by atoms with Gasteiger partial charge >= 0.3 is 0 Å². The third-order valence-corrected chi connectivity index (χ3v) is 3.21. The lowest BCUT2D eigenvalue weighted by Gasteiger charge is -2.29. The van der Waals surface area contributed by atoms with Gasteiger partial charge in [0.05, 0.1) is 12.0 Å². The molecule has 0 fully saturated rings. The van der Waals surface area contributed by atoms with E-state index < -0.39 is 5.92 Å². The predicted octanol–water partition coefficient (Wildman–Crippen LogP) is 1.83. The third-order valence-electron chi connectivity index (χ3n) is 2.18. The van der Waals surface area contributed by atoms with E-state index in [1.54, 1.807) is 7.05 Å². The van der Waals surface area contributed by atoms with Crippen LogP contribution in [0.1, 0.15) is 27.2 Å². The zero-order chi connectivity index (χ0) is 13.5. The molecule has 0 rings (SSSR count). The van der Waals surface area contributed by atoms with Gasteiger partial charge in [0.2, 0.25) is 5.91 Å². The van der Waals surface area contributed by atoms with Crippen LogP contribution in [0.3, 0.4) is 0 Å². The number of thioether (sulfide) groups is 1. The van der Waals surface area contributed by atoms with Crippen molar-refractivity contribution in [2.45, 2.75) is 27.2 Å². The largest absolute Gasteiger partial charge is 0.410 e. The standard InChI is InChI=1S/C11H19N3O2S/c1-11(2,3)8(9(15)13-4)10(14-16)17-7-5-6-12/h8,16H,5,7H2,1-4H3,(H,13,15). The molecule has 0 saturated heterocycles. The first-order chi connectivity index (χ1) is 7.88. The van der Waals surface area contributed by atoms with Gasteiger partial charge in [0.15, 0.2) is 0 Å². The van der Waals surface area contributed by atoms with Crippen LogP contribution in [0.4, 0.5) is 0 Å². The molecule has 2 N–H and O–H groups in total. The zero-order valence-electron chi connectivity index (χ0n) is 10.6. The maximum absolute atomic E-state index is 11.8. The molecule has 0 aliphatic carbocycles. The lowest BCUT2D eigenvalue weighted by Crippen LogP contribution is -2.40. The fraction of sp³-hybridized carbons (Fsp3) is 0.727. The highest BCUT2D eigenvalue weighted by Crippen LogP contribution is 2.31. The summed E-state index contributed by atoms with van der Waals surface area (Å²) in [6, 6.07) is 2.01. The zero-order valence-corrected chi connectivity index (χ0v) is 11.5. The number of carbonyl (C=O) groups is 1. The molecule has 0 heterocycles. The summed E-state index contributed by atoms with van der Waals surface area (Å²) in [6.45, 7) is 5.72. The Morgan fingerprint density at radius 3 is 2.53 bits per heavy atom. The van der Waals surface area contributed by atoms with Crippen molar-refractivity contribution in [1.29, 1.82) is 5.26 Å². The van der Waals surface area contributed by atoms with E-state index in [4.69, 9.17) is 10.5 Å². The topological polar surface area (TPSA) is 85.5 Å². The summed E-state index contributed by atoms with van der Waals surface area (Å²) in [7, 11) is 1.55. The molecule has 0 aromatic rings. The van der Waals surface area contributed by atoms with Crippen molar-refractivity contribution in [3.05, 3.63) is 0 Å². The van der Waals surface area contributed by atoms with Crippen molar-refractivity contribution >= 4 is 22.7 Å². The summed E-state index contributed by atoms with van der Waals surface area (Å²) in [5.41, 5.74) is -0.346. The first-order valence-corrected chi connectivity index (χ1v) is 6.30. The summed E-state index contributed by atoms with van der Waals surface area (Å²) in [5.74, 6) is -0.185. The first-order valence-electron chi connectivity index (χ1n) is 5.31. The monoisotopic (exact) mass is 257 g/mol. The van der Waals surface area contributed by atoms with Gasteiger partial charge in [-0.3, -0.25) is 4.79 Å². The van der Waals surface area contributed by atoms with Crippen LogP contribution in [-0.4, -0.2) is 29.0 Å². The van der Waals surface area contributed by atoms with Crippen molar-refractivity contribution in [2.24, 2.45) is 16.5 Å². The van der Waals surface area contributed by atoms with E-state index >= 15 is 0 Å². The highest BCUT2D eigenvalue weighted by Gasteiger charge is 2.35. The summed E-state index contributed by atoms with van der Waals surface area (Å²) in [6.07, 6.45) is 0.355. The quantitative estimate of drug-likeness (QED) is 0.264. The van der Waals surface area contributed by atoms with Crippen LogP contribution in [0.25, 0.3) is 0 Å². The number of hydrogen-bond acceptors (Lipinski definition) is 5. The Labute approximate surface area is 106 Å². The predicted molar refractivity (Wildman–Crippen MR) is 68.9 cm³/mol. The minimum atomic E-state index is -0.513. The van der Waals surface area contributed by atoms with E-state index in [2.05, 4.69) is 10.5 Å². The van der Waals surface area contributed by atoms with Gasteiger partial charge in [-0.25, -0.2) is 0 Å². The Hall–Kier alpha value is -1.22. The second-order valence-corrected chi connectivity index (χ2v) is 5.72. The lowest BCUT2D eigenvalue weighted by molar-refractivity contribution is -0.124. The molecule has 0 aliphatic heterocycles. The van der Waals surface area contributed by atoms with Crippen LogP contribution >= 0.6 is 11.8 Å². The van der Waals surface area contributed by atoms with Crippen LogP contribution in [0.15, 0.2) is 5.16 Å². The summed E-state index contributed by atoms with van der Waals surface area (Å²) in [4.78, 5) is 11.8. The smallest absolute Gasteiger partial charge is 0.230 e. The van der Waals surface area contributed by atoms with Crippen molar-refractivity contribution in [1.82, 2.24) is 5.32 Å². The minimum absolute atomic E-state index is 0.185. The summed E-state index contributed by atoms with van der Waals surface area (Å²) in [5, 5.41) is 23.6. The Bertz CT molecular complexity index is 329. The lowest BCUT2D eigenvalue weighted by atomic mass is 9.80. The molecule has 0 aromatic heterocycles. The number of nitrogens with zero attached hydrogens (tertiary/aromatic N) is 2. The van der Waals surface area contributed by atoms with Crippen molar-refractivity contribution < 1.29 is 10.0 Å². The molecule has 1 amide bonds. The third kappa shape index (κ3) is 5.09.